The molecule has 0 aliphatic heterocycles. The van der Waals surface area contributed by atoms with Crippen molar-refractivity contribution in [3.63, 3.8) is 0 Å². The van der Waals surface area contributed by atoms with E-state index in [4.69, 9.17) is 0 Å². The van der Waals surface area contributed by atoms with Crippen LogP contribution in [0.25, 0.3) is 0 Å². The molecule has 0 saturated heterocycles. The summed E-state index contributed by atoms with van der Waals surface area (Å²) >= 11 is 0. The summed E-state index contributed by atoms with van der Waals surface area (Å²) < 4.78 is 0. The van der Waals surface area contributed by atoms with Crippen molar-refractivity contribution in [2.45, 2.75) is 53.9 Å². The molecule has 0 aromatic heterocycles. The van der Waals surface area contributed by atoms with Crippen LogP contribution < -0.4 is 5.32 Å². The van der Waals surface area contributed by atoms with E-state index in [-0.39, 0.29) is 5.41 Å². The highest BCUT2D eigenvalue weighted by Crippen LogP contribution is 2.37. The van der Waals surface area contributed by atoms with Gasteiger partial charge in [-0.15, -0.1) is 0 Å². The fourth-order valence-corrected chi connectivity index (χ4v) is 3.21. The molecule has 1 nitrogen and oxygen atoms in total. The van der Waals surface area contributed by atoms with E-state index in [9.17, 15) is 0 Å². The van der Waals surface area contributed by atoms with Crippen LogP contribution in [0.2, 0.25) is 0 Å². The van der Waals surface area contributed by atoms with E-state index in [1.165, 1.54) is 11.3 Å². The van der Waals surface area contributed by atoms with Crippen LogP contribution in [0, 0.1) is 17.3 Å². The van der Waals surface area contributed by atoms with Gasteiger partial charge in [0.25, 0.3) is 0 Å². The van der Waals surface area contributed by atoms with Crippen LogP contribution in [0.3, 0.4) is 0 Å². The Morgan fingerprint density at radius 1 is 0.909 bits per heavy atom. The molecule has 0 fully saturated rings. The van der Waals surface area contributed by atoms with Crippen molar-refractivity contribution in [1.82, 2.24) is 0 Å². The van der Waals surface area contributed by atoms with E-state index in [1.54, 1.807) is 0 Å². The summed E-state index contributed by atoms with van der Waals surface area (Å²) in [6, 6.07) is 8.79. The topological polar surface area (TPSA) is 12.0 Å². The third-order valence-corrected chi connectivity index (χ3v) is 4.53. The lowest BCUT2D eigenvalue weighted by Crippen LogP contribution is -2.26. The zero-order valence-corrected chi connectivity index (χ0v) is 15.2. The minimum absolute atomic E-state index is 0.205. The second kappa shape index (κ2) is 5.95. The summed E-state index contributed by atoms with van der Waals surface area (Å²) in [5, 5.41) is 3.54. The molecule has 1 N–H and O–H groups in total. The smallest absolute Gasteiger partial charge is 0.0384 e. The molecule has 0 heterocycles. The maximum absolute atomic E-state index is 3.54. The van der Waals surface area contributed by atoms with Crippen LogP contribution in [-0.4, -0.2) is 0 Å². The van der Waals surface area contributed by atoms with Gasteiger partial charge in [0.15, 0.2) is 0 Å². The molecule has 0 bridgehead atoms. The quantitative estimate of drug-likeness (QED) is 0.690. The predicted molar refractivity (Wildman–Crippen MR) is 98.1 cm³/mol. The van der Waals surface area contributed by atoms with Crippen LogP contribution >= 0.6 is 0 Å². The minimum Gasteiger partial charge on any atom is -0.356 e. The lowest BCUT2D eigenvalue weighted by atomic mass is 9.72. The van der Waals surface area contributed by atoms with Gasteiger partial charge in [0, 0.05) is 11.4 Å². The second-order valence-electron chi connectivity index (χ2n) is 8.68. The maximum Gasteiger partial charge on any atom is 0.0384 e. The average molecular weight is 297 g/mol. The van der Waals surface area contributed by atoms with Gasteiger partial charge < -0.3 is 5.32 Å². The number of nitrogens with one attached hydrogen (secondary N) is 1. The summed E-state index contributed by atoms with van der Waals surface area (Å²) in [7, 11) is 0. The van der Waals surface area contributed by atoms with Crippen molar-refractivity contribution in [1.29, 1.82) is 0 Å². The van der Waals surface area contributed by atoms with Crippen molar-refractivity contribution in [3.8, 4) is 0 Å². The Balaban J connectivity index is 2.08. The molecule has 0 saturated carbocycles. The highest BCUT2D eigenvalue weighted by molar-refractivity contribution is 5.53. The van der Waals surface area contributed by atoms with Crippen LogP contribution in [0.5, 0.6) is 0 Å². The van der Waals surface area contributed by atoms with E-state index in [2.05, 4.69) is 96.3 Å². The third-order valence-electron chi connectivity index (χ3n) is 4.53. The lowest BCUT2D eigenvalue weighted by Gasteiger charge is -2.34. The van der Waals surface area contributed by atoms with E-state index in [0.717, 1.165) is 5.69 Å². The Bertz CT molecular complexity index is 561. The summed E-state index contributed by atoms with van der Waals surface area (Å²) in [4.78, 5) is 0. The molecule has 0 radical (unpaired) electrons. The van der Waals surface area contributed by atoms with Crippen LogP contribution in [-0.2, 0) is 5.41 Å². The van der Waals surface area contributed by atoms with Gasteiger partial charge in [-0.2, -0.15) is 0 Å². The van der Waals surface area contributed by atoms with Crippen molar-refractivity contribution in [2.75, 3.05) is 5.32 Å². The number of rotatable bonds is 2. The Morgan fingerprint density at radius 2 is 1.50 bits per heavy atom. The van der Waals surface area contributed by atoms with Crippen LogP contribution in [0.1, 0.15) is 54.0 Å². The molecule has 22 heavy (non-hydrogen) atoms. The normalized spacial score (nSPS) is 22.4. The van der Waals surface area contributed by atoms with E-state index in [1.807, 2.05) is 0 Å². The highest BCUT2D eigenvalue weighted by Gasteiger charge is 2.28. The van der Waals surface area contributed by atoms with Gasteiger partial charge >= 0.3 is 0 Å². The third kappa shape index (κ3) is 4.03. The Hall–Kier alpha value is -1.50. The van der Waals surface area contributed by atoms with Crippen molar-refractivity contribution < 1.29 is 0 Å². The predicted octanol–water partition coefficient (Wildman–Crippen LogP) is 6.15. The zero-order chi connectivity index (χ0) is 16.5. The summed E-state index contributed by atoms with van der Waals surface area (Å²) in [5.41, 5.74) is 4.25. The highest BCUT2D eigenvalue weighted by atomic mass is 14.9. The fraction of sp³-hybridized carbons (Fsp3) is 0.524. The molecule has 1 aliphatic carbocycles. The van der Waals surface area contributed by atoms with Gasteiger partial charge in [0.05, 0.1) is 0 Å². The SMILES string of the molecule is CC1C=C(Nc2ccc(C(C)(C)C)cc2)C=CC1C(C)(C)C. The average Bonchev–Trinajstić information content (AvgIpc) is 2.36. The first-order valence-corrected chi connectivity index (χ1v) is 8.35. The Kier molecular flexibility index (Phi) is 4.56. The maximum atomic E-state index is 3.54. The van der Waals surface area contributed by atoms with Gasteiger partial charge in [-0.1, -0.05) is 72.8 Å². The molecule has 0 amide bonds. The van der Waals surface area contributed by atoms with E-state index >= 15 is 0 Å². The molecule has 0 spiro atoms. The van der Waals surface area contributed by atoms with Crippen molar-refractivity contribution in [3.05, 3.63) is 53.8 Å². The molecule has 1 aromatic rings. The minimum atomic E-state index is 0.205. The first kappa shape index (κ1) is 16.9. The molecule has 1 aromatic carbocycles. The molecule has 1 heteroatoms. The van der Waals surface area contributed by atoms with E-state index < -0.39 is 0 Å². The molecule has 120 valence electrons. The van der Waals surface area contributed by atoms with Gasteiger partial charge in [0.1, 0.15) is 0 Å². The van der Waals surface area contributed by atoms with Crippen LogP contribution in [0.4, 0.5) is 5.69 Å². The van der Waals surface area contributed by atoms with E-state index in [0.29, 0.717) is 17.3 Å². The number of anilines is 1. The molecule has 2 rings (SSSR count). The lowest BCUT2D eigenvalue weighted by molar-refractivity contribution is 0.243. The zero-order valence-electron chi connectivity index (χ0n) is 15.2. The van der Waals surface area contributed by atoms with Gasteiger partial charge in [-0.3, -0.25) is 0 Å². The van der Waals surface area contributed by atoms with Crippen LogP contribution in [0.15, 0.2) is 48.2 Å². The number of hydrogen-bond donors (Lipinski definition) is 1. The molecule has 2 unspecified atom stereocenters. The van der Waals surface area contributed by atoms with Gasteiger partial charge in [0.2, 0.25) is 0 Å². The summed E-state index contributed by atoms with van der Waals surface area (Å²) in [6.45, 7) is 16.0. The van der Waals surface area contributed by atoms with Gasteiger partial charge in [-0.25, -0.2) is 0 Å². The first-order chi connectivity index (χ1) is 10.1. The molecular formula is C21H31N. The van der Waals surface area contributed by atoms with Crippen molar-refractivity contribution >= 4 is 5.69 Å². The summed E-state index contributed by atoms with van der Waals surface area (Å²) in [6.07, 6.45) is 6.94. The molecule has 2 atom stereocenters. The van der Waals surface area contributed by atoms with Gasteiger partial charge in [-0.05, 0) is 46.4 Å². The van der Waals surface area contributed by atoms with Crippen molar-refractivity contribution in [2.24, 2.45) is 17.3 Å². The first-order valence-electron chi connectivity index (χ1n) is 8.35. The Morgan fingerprint density at radius 3 is 1.95 bits per heavy atom. The largest absolute Gasteiger partial charge is 0.356 e. The Labute approximate surface area is 136 Å². The molecular weight excluding hydrogens is 266 g/mol. The standard InChI is InChI=1S/C21H31N/c1-15-14-18(12-13-19(15)21(5,6)7)22-17-10-8-16(9-11-17)20(2,3)4/h8-15,19,22H,1-7H3. The second-order valence-corrected chi connectivity index (χ2v) is 8.68. The summed E-state index contributed by atoms with van der Waals surface area (Å²) in [5.74, 6) is 1.16. The number of benzene rings is 1. The fourth-order valence-electron chi connectivity index (χ4n) is 3.21. The number of hydrogen-bond acceptors (Lipinski definition) is 1. The molecule has 1 aliphatic rings. The number of allylic oxidation sites excluding steroid dienone is 3. The monoisotopic (exact) mass is 297 g/mol.